The molecule has 0 aliphatic rings. The van der Waals surface area contributed by atoms with Crippen LogP contribution in [0.3, 0.4) is 0 Å². The van der Waals surface area contributed by atoms with E-state index in [1.54, 1.807) is 13.8 Å². The van der Waals surface area contributed by atoms with Crippen molar-refractivity contribution in [3.63, 3.8) is 0 Å². The Morgan fingerprint density at radius 2 is 1.70 bits per heavy atom. The summed E-state index contributed by atoms with van der Waals surface area (Å²) in [4.78, 5) is 57.5. The number of aliphatic imine (C=N–C) groups is 1. The lowest BCUT2D eigenvalue weighted by atomic mass is 10.0. The zero-order valence-electron chi connectivity index (χ0n) is 15.6. The van der Waals surface area contributed by atoms with Crippen molar-refractivity contribution >= 4 is 31.3 Å². The third kappa shape index (κ3) is 11.9. The third-order valence-corrected chi connectivity index (χ3v) is 3.92. The third-order valence-electron chi connectivity index (χ3n) is 3.35. The number of guanidine groups is 1. The van der Waals surface area contributed by atoms with Gasteiger partial charge >= 0.3 is 7.60 Å². The minimum absolute atomic E-state index is 0.118. The highest BCUT2D eigenvalue weighted by Crippen LogP contribution is 2.31. The minimum atomic E-state index is -4.45. The Balaban J connectivity index is 5.10. The van der Waals surface area contributed by atoms with Crippen molar-refractivity contribution in [2.75, 3.05) is 12.8 Å². The van der Waals surface area contributed by atoms with Crippen LogP contribution in [0, 0.1) is 5.92 Å². The molecule has 0 fully saturated rings. The number of hydrogen-bond donors (Lipinski definition) is 7. The van der Waals surface area contributed by atoms with E-state index in [2.05, 4.69) is 20.9 Å². The smallest absolute Gasteiger partial charge is 0.344 e. The molecular weight excluding hydrogens is 379 g/mol. The number of nitrogens with zero attached hydrogens (tertiary/aromatic N) is 1. The van der Waals surface area contributed by atoms with Gasteiger partial charge in [-0.25, -0.2) is 0 Å². The highest BCUT2D eigenvalue weighted by molar-refractivity contribution is 7.51. The van der Waals surface area contributed by atoms with Crippen molar-refractivity contribution < 1.29 is 28.7 Å². The van der Waals surface area contributed by atoms with Gasteiger partial charge in [-0.1, -0.05) is 13.8 Å². The number of amides is 3. The zero-order chi connectivity index (χ0) is 21.2. The summed E-state index contributed by atoms with van der Waals surface area (Å²) in [6.45, 7) is 4.92. The van der Waals surface area contributed by atoms with Crippen LogP contribution in [0.5, 0.6) is 0 Å². The van der Waals surface area contributed by atoms with E-state index in [4.69, 9.17) is 21.3 Å². The van der Waals surface area contributed by atoms with Crippen molar-refractivity contribution in [2.24, 2.45) is 22.4 Å². The van der Waals surface area contributed by atoms with E-state index in [1.807, 2.05) is 0 Å². The average Bonchev–Trinajstić information content (AvgIpc) is 2.51. The average molecular weight is 408 g/mol. The van der Waals surface area contributed by atoms with Gasteiger partial charge in [0, 0.05) is 13.5 Å². The van der Waals surface area contributed by atoms with E-state index in [-0.39, 0.29) is 24.8 Å². The zero-order valence-corrected chi connectivity index (χ0v) is 16.5. The second kappa shape index (κ2) is 11.5. The predicted octanol–water partition coefficient (Wildman–Crippen LogP) is -2.06. The highest BCUT2D eigenvalue weighted by atomic mass is 31.2. The molecule has 0 aromatic carbocycles. The lowest BCUT2D eigenvalue weighted by molar-refractivity contribution is -0.132. The molecule has 3 amide bonds. The first-order valence-electron chi connectivity index (χ1n) is 8.28. The molecule has 9 N–H and O–H groups in total. The lowest BCUT2D eigenvalue weighted by Gasteiger charge is -2.25. The van der Waals surface area contributed by atoms with Gasteiger partial charge in [0.05, 0.1) is 0 Å². The summed E-state index contributed by atoms with van der Waals surface area (Å²) < 4.78 is 10.9. The van der Waals surface area contributed by atoms with E-state index in [0.29, 0.717) is 6.42 Å². The van der Waals surface area contributed by atoms with E-state index in [1.165, 1.54) is 6.92 Å². The Kier molecular flexibility index (Phi) is 10.6. The fourth-order valence-electron chi connectivity index (χ4n) is 2.09. The molecule has 156 valence electrons. The first-order chi connectivity index (χ1) is 12.3. The summed E-state index contributed by atoms with van der Waals surface area (Å²) in [5.74, 6) is -2.11. The number of rotatable bonds is 11. The Labute approximate surface area is 157 Å². The van der Waals surface area contributed by atoms with Crippen LogP contribution < -0.4 is 27.4 Å². The number of carbonyl (C=O) groups excluding carboxylic acids is 3. The molecule has 0 spiro atoms. The molecular formula is C14H29N6O6P. The van der Waals surface area contributed by atoms with Crippen LogP contribution in [0.25, 0.3) is 0 Å². The molecule has 27 heavy (non-hydrogen) atoms. The quantitative estimate of drug-likeness (QED) is 0.0872. The molecule has 2 unspecified atom stereocenters. The number of hydrogen-bond acceptors (Lipinski definition) is 5. The van der Waals surface area contributed by atoms with Gasteiger partial charge in [-0.15, -0.1) is 0 Å². The Hall–Kier alpha value is -2.17. The maximum absolute atomic E-state index is 12.5. The molecule has 0 aliphatic heterocycles. The van der Waals surface area contributed by atoms with E-state index in [0.717, 1.165) is 0 Å². The number of carbonyl (C=O) groups is 3. The second-order valence-corrected chi connectivity index (χ2v) is 7.94. The van der Waals surface area contributed by atoms with E-state index in [9.17, 15) is 18.9 Å². The van der Waals surface area contributed by atoms with Gasteiger partial charge < -0.3 is 37.2 Å². The number of nitrogens with one attached hydrogen (secondary N) is 3. The largest absolute Gasteiger partial charge is 0.370 e. The summed E-state index contributed by atoms with van der Waals surface area (Å²) in [6, 6.07) is -1.94. The van der Waals surface area contributed by atoms with Gasteiger partial charge in [0.25, 0.3) is 0 Å². The van der Waals surface area contributed by atoms with Gasteiger partial charge in [-0.3, -0.25) is 23.9 Å². The summed E-state index contributed by atoms with van der Waals surface area (Å²) in [6.07, 6.45) is -0.398. The molecule has 0 aliphatic carbocycles. The lowest BCUT2D eigenvalue weighted by Crippen LogP contribution is -2.55. The Morgan fingerprint density at radius 3 is 2.15 bits per heavy atom. The molecule has 0 radical (unpaired) electrons. The second-order valence-electron chi connectivity index (χ2n) is 6.30. The van der Waals surface area contributed by atoms with Gasteiger partial charge in [-0.05, 0) is 18.8 Å². The van der Waals surface area contributed by atoms with Gasteiger partial charge in [0.2, 0.25) is 17.7 Å². The molecule has 0 saturated carbocycles. The van der Waals surface area contributed by atoms with E-state index < -0.39 is 43.7 Å². The van der Waals surface area contributed by atoms with Crippen molar-refractivity contribution in [3.8, 4) is 0 Å². The van der Waals surface area contributed by atoms with Crippen LogP contribution in [0.4, 0.5) is 0 Å². The summed E-state index contributed by atoms with van der Waals surface area (Å²) in [5.41, 5.74) is 10.4. The minimum Gasteiger partial charge on any atom is -0.370 e. The maximum atomic E-state index is 12.5. The molecule has 0 aromatic heterocycles. The molecule has 2 atom stereocenters. The summed E-state index contributed by atoms with van der Waals surface area (Å²) in [5, 5.41) is 7.10. The van der Waals surface area contributed by atoms with E-state index >= 15 is 0 Å². The molecule has 0 saturated heterocycles. The summed E-state index contributed by atoms with van der Waals surface area (Å²) >= 11 is 0. The Morgan fingerprint density at radius 1 is 1.11 bits per heavy atom. The van der Waals surface area contributed by atoms with Crippen LogP contribution >= 0.6 is 7.60 Å². The fraction of sp³-hybridized carbons (Fsp3) is 0.714. The molecule has 13 heteroatoms. The normalized spacial score (nSPS) is 13.4. The fourth-order valence-corrected chi connectivity index (χ4v) is 2.45. The van der Waals surface area contributed by atoms with Gasteiger partial charge in [0.1, 0.15) is 18.4 Å². The molecule has 0 aromatic rings. The first-order valence-corrected chi connectivity index (χ1v) is 10.1. The summed E-state index contributed by atoms with van der Waals surface area (Å²) in [7, 11) is -4.45. The molecule has 0 bridgehead atoms. The maximum Gasteiger partial charge on any atom is 0.344 e. The first kappa shape index (κ1) is 24.8. The van der Waals surface area contributed by atoms with Crippen molar-refractivity contribution in [3.05, 3.63) is 0 Å². The monoisotopic (exact) mass is 408 g/mol. The SMILES string of the molecule is CC(=O)NC(C(=O)NC(CCCN=C(N)N)C(=O)NCP(=O)(O)O)C(C)C. The van der Waals surface area contributed by atoms with Crippen LogP contribution in [-0.4, -0.2) is 58.4 Å². The molecule has 0 rings (SSSR count). The van der Waals surface area contributed by atoms with Crippen LogP contribution in [0.15, 0.2) is 4.99 Å². The molecule has 0 heterocycles. The van der Waals surface area contributed by atoms with Crippen molar-refractivity contribution in [2.45, 2.75) is 45.7 Å². The predicted molar refractivity (Wildman–Crippen MR) is 99.3 cm³/mol. The van der Waals surface area contributed by atoms with Crippen LogP contribution in [0.2, 0.25) is 0 Å². The van der Waals surface area contributed by atoms with Crippen LogP contribution in [-0.2, 0) is 18.9 Å². The number of nitrogens with two attached hydrogens (primary N) is 2. The molecule has 12 nitrogen and oxygen atoms in total. The highest BCUT2D eigenvalue weighted by Gasteiger charge is 2.28. The van der Waals surface area contributed by atoms with Gasteiger partial charge in [0.15, 0.2) is 5.96 Å². The van der Waals surface area contributed by atoms with Crippen molar-refractivity contribution in [1.29, 1.82) is 0 Å². The van der Waals surface area contributed by atoms with Crippen LogP contribution in [0.1, 0.15) is 33.6 Å². The topological polar surface area (TPSA) is 209 Å². The van der Waals surface area contributed by atoms with Crippen molar-refractivity contribution in [1.82, 2.24) is 16.0 Å². The Bertz CT molecular complexity index is 601. The standard InChI is InChI=1S/C14H29N6O6P/c1-8(2)11(19-9(3)21)13(23)20-10(5-4-6-17-14(15)16)12(22)18-7-27(24,25)26/h8,10-11H,4-7H2,1-3H3,(H,18,22)(H,19,21)(H,20,23)(H4,15,16,17)(H2,24,25,26). The van der Waals surface area contributed by atoms with Gasteiger partial charge in [-0.2, -0.15) is 0 Å².